The molecular formula is C60H105F3O6S3. The first-order valence-electron chi connectivity index (χ1n) is 25.8. The summed E-state index contributed by atoms with van der Waals surface area (Å²) in [5.74, 6) is 3.24. The summed E-state index contributed by atoms with van der Waals surface area (Å²) in [4.78, 5) is 3.02. The topological polar surface area (TPSA) is 55.4 Å². The Bertz CT molecular complexity index is 1590. The van der Waals surface area contributed by atoms with Crippen LogP contribution in [0.5, 0.6) is 0 Å². The average molecular weight is 1080 g/mol. The van der Waals surface area contributed by atoms with Crippen molar-refractivity contribution in [2.75, 3.05) is 39.6 Å². The van der Waals surface area contributed by atoms with Crippen LogP contribution < -0.4 is 0 Å². The van der Waals surface area contributed by atoms with Gasteiger partial charge in [0.15, 0.2) is 0 Å². The van der Waals surface area contributed by atoms with Gasteiger partial charge in [0, 0.05) is 54.3 Å². The van der Waals surface area contributed by atoms with Crippen molar-refractivity contribution >= 4 is 37.9 Å². The molecular weight excluding hydrogens is 970 g/mol. The molecule has 0 aliphatic rings. The summed E-state index contributed by atoms with van der Waals surface area (Å²) in [6.07, 6.45) is 0. The SMILES string of the molecule is CC(C)COCc1cc(C(C)(C)C)cc(COCC(C)C)c1S.CC(C)COCc1cc(C(C)(C)C)cc(COCC(C)C)c1S.CC(C)COCc1cc(C(C)(C)C)cc(COCC(C)C)c1S.F.F.F. The third-order valence-electron chi connectivity index (χ3n) is 10.7. The Labute approximate surface area is 455 Å². The van der Waals surface area contributed by atoms with Crippen LogP contribution in [0, 0.1) is 35.5 Å². The maximum atomic E-state index is 5.84. The Morgan fingerprint density at radius 3 is 0.514 bits per heavy atom. The highest BCUT2D eigenvalue weighted by molar-refractivity contribution is 7.80. The van der Waals surface area contributed by atoms with Crippen LogP contribution >= 0.6 is 37.9 Å². The van der Waals surface area contributed by atoms with Gasteiger partial charge in [-0.1, -0.05) is 182 Å². The van der Waals surface area contributed by atoms with Crippen molar-refractivity contribution in [2.45, 2.75) is 216 Å². The fraction of sp³-hybridized carbons (Fsp3) is 0.700. The zero-order chi connectivity index (χ0) is 52.9. The molecule has 0 atom stereocenters. The Hall–Kier alpha value is -1.74. The van der Waals surface area contributed by atoms with Crippen LogP contribution in [-0.2, 0) is 84.3 Å². The summed E-state index contributed by atoms with van der Waals surface area (Å²) >= 11 is 14.2. The minimum Gasteiger partial charge on any atom is -0.376 e. The fourth-order valence-electron chi connectivity index (χ4n) is 6.67. The molecule has 72 heavy (non-hydrogen) atoms. The van der Waals surface area contributed by atoms with Gasteiger partial charge >= 0.3 is 0 Å². The third-order valence-corrected chi connectivity index (χ3v) is 12.4. The molecule has 3 aromatic rings. The van der Waals surface area contributed by atoms with E-state index in [1.54, 1.807) is 0 Å². The number of halogens is 3. The largest absolute Gasteiger partial charge is 0.376 e. The zero-order valence-electron chi connectivity index (χ0n) is 48.9. The highest BCUT2D eigenvalue weighted by Crippen LogP contribution is 2.33. The lowest BCUT2D eigenvalue weighted by molar-refractivity contribution is 0.0907. The van der Waals surface area contributed by atoms with Crippen molar-refractivity contribution in [3.8, 4) is 0 Å². The smallest absolute Gasteiger partial charge is 0.0727 e. The van der Waals surface area contributed by atoms with Crippen LogP contribution in [0.15, 0.2) is 51.1 Å². The maximum Gasteiger partial charge on any atom is 0.0727 e. The molecule has 0 radical (unpaired) electrons. The molecule has 3 rings (SSSR count). The average Bonchev–Trinajstić information content (AvgIpc) is 3.20. The first kappa shape index (κ1) is 74.5. The van der Waals surface area contributed by atoms with Crippen LogP contribution in [0.25, 0.3) is 0 Å². The van der Waals surface area contributed by atoms with Gasteiger partial charge in [-0.2, -0.15) is 0 Å². The van der Waals surface area contributed by atoms with Gasteiger partial charge in [-0.15, -0.1) is 37.9 Å². The van der Waals surface area contributed by atoms with Gasteiger partial charge in [-0.05, 0) is 102 Å². The minimum atomic E-state index is 0. The van der Waals surface area contributed by atoms with Crippen LogP contribution in [0.4, 0.5) is 14.1 Å². The Morgan fingerprint density at radius 2 is 0.417 bits per heavy atom. The fourth-order valence-corrected chi connectivity index (χ4v) is 7.44. The van der Waals surface area contributed by atoms with E-state index in [-0.39, 0.29) is 30.4 Å². The van der Waals surface area contributed by atoms with Gasteiger partial charge in [-0.3, -0.25) is 14.1 Å². The Kier molecular flexibility index (Phi) is 37.6. The molecule has 6 nitrogen and oxygen atoms in total. The van der Waals surface area contributed by atoms with E-state index in [4.69, 9.17) is 66.3 Å². The lowest BCUT2D eigenvalue weighted by Gasteiger charge is -2.23. The number of thiol groups is 3. The van der Waals surface area contributed by atoms with E-state index in [1.165, 1.54) is 16.7 Å². The normalized spacial score (nSPS) is 11.9. The molecule has 0 aliphatic heterocycles. The quantitative estimate of drug-likeness (QED) is 0.0778. The number of hydrogen-bond acceptors (Lipinski definition) is 9. The van der Waals surface area contributed by atoms with Crippen LogP contribution in [0.3, 0.4) is 0 Å². The summed E-state index contributed by atoms with van der Waals surface area (Å²) in [5.41, 5.74) is 11.2. The van der Waals surface area contributed by atoms with Crippen LogP contribution in [0.2, 0.25) is 0 Å². The predicted molar refractivity (Wildman–Crippen MR) is 312 cm³/mol. The summed E-state index contributed by atoms with van der Waals surface area (Å²) in [5, 5.41) is 0. The molecule has 420 valence electrons. The van der Waals surface area contributed by atoms with Crippen molar-refractivity contribution in [1.82, 2.24) is 0 Å². The molecule has 0 heterocycles. The van der Waals surface area contributed by atoms with Gasteiger partial charge in [0.1, 0.15) is 0 Å². The molecule has 0 N–H and O–H groups in total. The molecule has 0 saturated carbocycles. The molecule has 0 fully saturated rings. The second-order valence-corrected chi connectivity index (χ2v) is 26.0. The molecule has 0 aromatic heterocycles. The van der Waals surface area contributed by atoms with Crippen molar-refractivity contribution in [2.24, 2.45) is 35.5 Å². The van der Waals surface area contributed by atoms with E-state index in [2.05, 4.69) is 182 Å². The second kappa shape index (κ2) is 36.3. The number of ether oxygens (including phenoxy) is 6. The van der Waals surface area contributed by atoms with Crippen LogP contribution in [0.1, 0.15) is 195 Å². The van der Waals surface area contributed by atoms with Crippen molar-refractivity contribution in [3.05, 3.63) is 86.5 Å². The highest BCUT2D eigenvalue weighted by Gasteiger charge is 2.21. The van der Waals surface area contributed by atoms with E-state index in [0.29, 0.717) is 75.1 Å². The monoisotopic (exact) mass is 1070 g/mol. The zero-order valence-corrected chi connectivity index (χ0v) is 51.6. The molecule has 0 amide bonds. The van der Waals surface area contributed by atoms with Crippen molar-refractivity contribution in [1.29, 1.82) is 0 Å². The summed E-state index contributed by atoms with van der Waals surface area (Å²) in [7, 11) is 0. The molecule has 0 bridgehead atoms. The van der Waals surface area contributed by atoms with Gasteiger partial charge in [0.2, 0.25) is 0 Å². The maximum absolute atomic E-state index is 5.84. The third kappa shape index (κ3) is 30.7. The van der Waals surface area contributed by atoms with E-state index >= 15 is 0 Å². The highest BCUT2D eigenvalue weighted by atomic mass is 32.1. The van der Waals surface area contributed by atoms with E-state index in [0.717, 1.165) is 87.7 Å². The summed E-state index contributed by atoms with van der Waals surface area (Å²) in [6, 6.07) is 13.4. The summed E-state index contributed by atoms with van der Waals surface area (Å²) < 4.78 is 35.0. The van der Waals surface area contributed by atoms with Gasteiger partial charge in [0.25, 0.3) is 0 Å². The van der Waals surface area contributed by atoms with E-state index < -0.39 is 0 Å². The summed E-state index contributed by atoms with van der Waals surface area (Å²) in [6.45, 7) is 54.4. The standard InChI is InChI=1S/3C20H34O2S.3FH/c3*1-14(2)10-21-12-16-8-18(20(5,6)7)9-17(19(16)23)13-22-11-15(3)4;;;/h3*8-9,14-15,23H,10-13H2,1-7H3;3*1H. The molecule has 3 aromatic carbocycles. The first-order chi connectivity index (χ1) is 31.8. The molecule has 12 heteroatoms. The van der Waals surface area contributed by atoms with Gasteiger partial charge in [-0.25, -0.2) is 0 Å². The lowest BCUT2D eigenvalue weighted by Crippen LogP contribution is -2.14. The molecule has 0 spiro atoms. The van der Waals surface area contributed by atoms with Gasteiger partial charge < -0.3 is 28.4 Å². The molecule has 0 unspecified atom stereocenters. The predicted octanol–water partition coefficient (Wildman–Crippen LogP) is 17.3. The Balaban J connectivity index is -0.000000972. The molecule has 0 aliphatic carbocycles. The van der Waals surface area contributed by atoms with Crippen molar-refractivity contribution < 1.29 is 42.5 Å². The number of benzene rings is 3. The minimum absolute atomic E-state index is 0. The lowest BCUT2D eigenvalue weighted by atomic mass is 9.85. The van der Waals surface area contributed by atoms with E-state index in [1.807, 2.05) is 0 Å². The second-order valence-electron chi connectivity index (χ2n) is 24.6. The first-order valence-corrected chi connectivity index (χ1v) is 27.2. The van der Waals surface area contributed by atoms with E-state index in [9.17, 15) is 0 Å². The number of rotatable bonds is 24. The van der Waals surface area contributed by atoms with Gasteiger partial charge in [0.05, 0.1) is 39.6 Å². The molecule has 0 saturated heterocycles. The Morgan fingerprint density at radius 1 is 0.292 bits per heavy atom. The van der Waals surface area contributed by atoms with Crippen LogP contribution in [-0.4, -0.2) is 39.6 Å². The van der Waals surface area contributed by atoms with Crippen molar-refractivity contribution in [3.63, 3.8) is 0 Å². The number of hydrogen-bond donors (Lipinski definition) is 3.